The molecule has 0 amide bonds. The molecule has 0 spiro atoms. The number of hydrazine groups is 1. The van der Waals surface area contributed by atoms with Gasteiger partial charge in [-0.05, 0) is 30.9 Å². The fourth-order valence-corrected chi connectivity index (χ4v) is 2.02. The summed E-state index contributed by atoms with van der Waals surface area (Å²) in [7, 11) is 0. The van der Waals surface area contributed by atoms with Crippen molar-refractivity contribution < 1.29 is 4.92 Å². The van der Waals surface area contributed by atoms with E-state index in [1.54, 1.807) is 18.2 Å². The smallest absolute Gasteiger partial charge is 0.316 e. The molecule has 6 heteroatoms. The van der Waals surface area contributed by atoms with Crippen LogP contribution in [0.25, 0.3) is 0 Å². The molecule has 0 heterocycles. The standard InChI is InChI=1S/C12H18N4O2/c13-15-11-5-1-4-10(12(11)16(17)18)14-8-2-3-9-6-7-9/h1,4-5,9,14-15H,2-3,6-8,13H2. The number of nitrogens with two attached hydrogens (primary N) is 1. The van der Waals surface area contributed by atoms with Crippen molar-refractivity contribution in [3.05, 3.63) is 28.3 Å². The lowest BCUT2D eigenvalue weighted by atomic mass is 10.2. The van der Waals surface area contributed by atoms with Crippen LogP contribution in [-0.4, -0.2) is 11.5 Å². The molecular formula is C12H18N4O2. The number of anilines is 2. The Morgan fingerprint density at radius 2 is 2.11 bits per heavy atom. The summed E-state index contributed by atoms with van der Waals surface area (Å²) in [5, 5.41) is 14.1. The van der Waals surface area contributed by atoms with E-state index in [4.69, 9.17) is 5.84 Å². The number of benzene rings is 1. The van der Waals surface area contributed by atoms with Gasteiger partial charge in [-0.25, -0.2) is 0 Å². The number of nitro benzene ring substituents is 1. The summed E-state index contributed by atoms with van der Waals surface area (Å²) < 4.78 is 0. The second-order valence-electron chi connectivity index (χ2n) is 4.62. The van der Waals surface area contributed by atoms with Gasteiger partial charge in [-0.3, -0.25) is 16.0 Å². The fraction of sp³-hybridized carbons (Fsp3) is 0.500. The van der Waals surface area contributed by atoms with Gasteiger partial charge in [-0.2, -0.15) is 0 Å². The first-order valence-electron chi connectivity index (χ1n) is 6.20. The first kappa shape index (κ1) is 12.6. The maximum absolute atomic E-state index is 11.0. The van der Waals surface area contributed by atoms with Crippen LogP contribution in [0.3, 0.4) is 0 Å². The molecule has 1 saturated carbocycles. The van der Waals surface area contributed by atoms with Crippen molar-refractivity contribution in [3.63, 3.8) is 0 Å². The van der Waals surface area contributed by atoms with Crippen LogP contribution in [0.15, 0.2) is 18.2 Å². The van der Waals surface area contributed by atoms with Crippen LogP contribution in [0.2, 0.25) is 0 Å². The van der Waals surface area contributed by atoms with Crippen molar-refractivity contribution in [2.24, 2.45) is 11.8 Å². The first-order valence-corrected chi connectivity index (χ1v) is 6.20. The number of nitrogens with one attached hydrogen (secondary N) is 2. The Bertz CT molecular complexity index is 432. The average molecular weight is 250 g/mol. The van der Waals surface area contributed by atoms with E-state index in [2.05, 4.69) is 10.7 Å². The minimum atomic E-state index is -0.418. The molecule has 2 rings (SSSR count). The summed E-state index contributed by atoms with van der Waals surface area (Å²) in [6, 6.07) is 5.04. The molecule has 0 saturated heterocycles. The number of hydrogen-bond acceptors (Lipinski definition) is 5. The molecular weight excluding hydrogens is 232 g/mol. The molecule has 0 unspecified atom stereocenters. The first-order chi connectivity index (χ1) is 8.72. The Morgan fingerprint density at radius 3 is 2.72 bits per heavy atom. The molecule has 0 aromatic heterocycles. The van der Waals surface area contributed by atoms with Gasteiger partial charge in [0.25, 0.3) is 0 Å². The van der Waals surface area contributed by atoms with E-state index >= 15 is 0 Å². The Kier molecular flexibility index (Phi) is 3.99. The van der Waals surface area contributed by atoms with Gasteiger partial charge in [0.2, 0.25) is 0 Å². The number of rotatable bonds is 7. The Morgan fingerprint density at radius 1 is 1.39 bits per heavy atom. The van der Waals surface area contributed by atoms with Crippen molar-refractivity contribution >= 4 is 17.1 Å². The van der Waals surface area contributed by atoms with Gasteiger partial charge in [-0.1, -0.05) is 18.9 Å². The van der Waals surface area contributed by atoms with Gasteiger partial charge in [-0.15, -0.1) is 0 Å². The van der Waals surface area contributed by atoms with Crippen molar-refractivity contribution in [3.8, 4) is 0 Å². The predicted octanol–water partition coefficient (Wildman–Crippen LogP) is 2.48. The molecule has 4 N–H and O–H groups in total. The van der Waals surface area contributed by atoms with Gasteiger partial charge >= 0.3 is 5.69 Å². The Labute approximate surface area is 106 Å². The monoisotopic (exact) mass is 250 g/mol. The molecule has 18 heavy (non-hydrogen) atoms. The number of nitro groups is 1. The number of para-hydroxylation sites is 1. The van der Waals surface area contributed by atoms with Crippen molar-refractivity contribution in [2.45, 2.75) is 25.7 Å². The minimum absolute atomic E-state index is 0.00595. The molecule has 1 aromatic rings. The summed E-state index contributed by atoms with van der Waals surface area (Å²) in [5.41, 5.74) is 3.21. The summed E-state index contributed by atoms with van der Waals surface area (Å²) in [6.45, 7) is 0.755. The third kappa shape index (κ3) is 3.10. The maximum atomic E-state index is 11.0. The zero-order valence-electron chi connectivity index (χ0n) is 10.2. The van der Waals surface area contributed by atoms with Gasteiger partial charge in [0, 0.05) is 6.54 Å². The Hall–Kier alpha value is -1.82. The van der Waals surface area contributed by atoms with E-state index in [9.17, 15) is 10.1 Å². The predicted molar refractivity (Wildman–Crippen MR) is 71.4 cm³/mol. The molecule has 1 fully saturated rings. The molecule has 0 atom stereocenters. The van der Waals surface area contributed by atoms with Crippen LogP contribution < -0.4 is 16.6 Å². The van der Waals surface area contributed by atoms with Crippen LogP contribution in [-0.2, 0) is 0 Å². The maximum Gasteiger partial charge on any atom is 0.316 e. The second kappa shape index (κ2) is 5.68. The topological polar surface area (TPSA) is 93.2 Å². The molecule has 0 radical (unpaired) electrons. The molecule has 98 valence electrons. The zero-order valence-corrected chi connectivity index (χ0v) is 10.2. The number of nitrogens with zero attached hydrogens (tertiary/aromatic N) is 1. The average Bonchev–Trinajstić information content (AvgIpc) is 3.18. The molecule has 6 nitrogen and oxygen atoms in total. The van der Waals surface area contributed by atoms with Crippen LogP contribution >= 0.6 is 0 Å². The summed E-state index contributed by atoms with van der Waals surface area (Å²) >= 11 is 0. The third-order valence-corrected chi connectivity index (χ3v) is 3.18. The van der Waals surface area contributed by atoms with E-state index in [0.717, 1.165) is 18.9 Å². The van der Waals surface area contributed by atoms with Crippen molar-refractivity contribution in [1.29, 1.82) is 0 Å². The van der Waals surface area contributed by atoms with Crippen molar-refractivity contribution in [1.82, 2.24) is 0 Å². The highest BCUT2D eigenvalue weighted by Crippen LogP contribution is 2.34. The Balaban J connectivity index is 1.98. The van der Waals surface area contributed by atoms with Crippen LogP contribution in [0.4, 0.5) is 17.1 Å². The van der Waals surface area contributed by atoms with Gasteiger partial charge in [0.1, 0.15) is 11.4 Å². The highest BCUT2D eigenvalue weighted by molar-refractivity contribution is 5.75. The normalized spacial score (nSPS) is 14.3. The van der Waals surface area contributed by atoms with Gasteiger partial charge in [0.05, 0.1) is 4.92 Å². The largest absolute Gasteiger partial charge is 0.379 e. The van der Waals surface area contributed by atoms with E-state index in [-0.39, 0.29) is 5.69 Å². The SMILES string of the molecule is NNc1cccc(NCCCC2CC2)c1[N+](=O)[O-]. The lowest BCUT2D eigenvalue weighted by Crippen LogP contribution is -2.11. The minimum Gasteiger partial charge on any atom is -0.379 e. The number of nitrogen functional groups attached to an aromatic ring is 1. The van der Waals surface area contributed by atoms with E-state index in [0.29, 0.717) is 11.4 Å². The van der Waals surface area contributed by atoms with E-state index in [1.165, 1.54) is 19.3 Å². The van der Waals surface area contributed by atoms with Crippen LogP contribution in [0.5, 0.6) is 0 Å². The third-order valence-electron chi connectivity index (χ3n) is 3.18. The van der Waals surface area contributed by atoms with E-state index in [1.807, 2.05) is 0 Å². The quantitative estimate of drug-likeness (QED) is 0.299. The highest BCUT2D eigenvalue weighted by Gasteiger charge is 2.21. The summed E-state index contributed by atoms with van der Waals surface area (Å²) in [5.74, 6) is 6.17. The molecule has 1 aromatic carbocycles. The van der Waals surface area contributed by atoms with Crippen molar-refractivity contribution in [2.75, 3.05) is 17.3 Å². The summed E-state index contributed by atoms with van der Waals surface area (Å²) in [4.78, 5) is 10.6. The molecule has 0 aliphatic heterocycles. The lowest BCUT2D eigenvalue weighted by molar-refractivity contribution is -0.383. The van der Waals surface area contributed by atoms with Gasteiger partial charge < -0.3 is 10.7 Å². The molecule has 1 aliphatic carbocycles. The van der Waals surface area contributed by atoms with Crippen LogP contribution in [0, 0.1) is 16.0 Å². The van der Waals surface area contributed by atoms with Crippen LogP contribution in [0.1, 0.15) is 25.7 Å². The van der Waals surface area contributed by atoms with Gasteiger partial charge in [0.15, 0.2) is 0 Å². The number of hydrogen-bond donors (Lipinski definition) is 3. The second-order valence-corrected chi connectivity index (χ2v) is 4.62. The summed E-state index contributed by atoms with van der Waals surface area (Å²) in [6.07, 6.45) is 4.93. The van der Waals surface area contributed by atoms with E-state index < -0.39 is 4.92 Å². The molecule has 1 aliphatic rings. The fourth-order valence-electron chi connectivity index (χ4n) is 2.02. The highest BCUT2D eigenvalue weighted by atomic mass is 16.6. The molecule has 0 bridgehead atoms. The zero-order chi connectivity index (χ0) is 13.0. The lowest BCUT2D eigenvalue weighted by Gasteiger charge is -2.09.